The summed E-state index contributed by atoms with van der Waals surface area (Å²) in [5.41, 5.74) is 4.01. The maximum Gasteiger partial charge on any atom is 0.279 e. The molecule has 0 saturated carbocycles. The molecule has 1 fully saturated rings. The van der Waals surface area contributed by atoms with Crippen molar-refractivity contribution in [1.82, 2.24) is 14.8 Å². The molecule has 2 aromatic rings. The zero-order chi connectivity index (χ0) is 19.4. The van der Waals surface area contributed by atoms with Crippen molar-refractivity contribution >= 4 is 29.6 Å². The monoisotopic (exact) mass is 386 g/mol. The van der Waals surface area contributed by atoms with Crippen LogP contribution < -0.4 is 0 Å². The molecule has 1 aromatic carbocycles. The number of aromatic nitrogens is 1. The van der Waals surface area contributed by atoms with Gasteiger partial charge in [-0.25, -0.2) is 20.1 Å². The van der Waals surface area contributed by atoms with Gasteiger partial charge in [0.25, 0.3) is 5.96 Å². The fourth-order valence-electron chi connectivity index (χ4n) is 2.73. The Morgan fingerprint density at radius 2 is 2.07 bits per heavy atom. The molecule has 8 nitrogen and oxygen atoms in total. The Labute approximate surface area is 161 Å². The van der Waals surface area contributed by atoms with Crippen LogP contribution in [0.3, 0.4) is 0 Å². The molecule has 0 N–H and O–H groups in total. The van der Waals surface area contributed by atoms with E-state index in [0.29, 0.717) is 24.8 Å². The molecule has 0 amide bonds. The number of halogens is 1. The first-order valence-electron chi connectivity index (χ1n) is 8.39. The normalized spacial score (nSPS) is 15.9. The van der Waals surface area contributed by atoms with E-state index in [4.69, 9.17) is 11.6 Å². The van der Waals surface area contributed by atoms with Crippen molar-refractivity contribution in [3.05, 3.63) is 68.5 Å². The van der Waals surface area contributed by atoms with Gasteiger partial charge < -0.3 is 4.90 Å². The van der Waals surface area contributed by atoms with E-state index in [1.807, 2.05) is 43.0 Å². The summed E-state index contributed by atoms with van der Waals surface area (Å²) < 4.78 is 0. The third-order valence-corrected chi connectivity index (χ3v) is 4.54. The summed E-state index contributed by atoms with van der Waals surface area (Å²) in [7, 11) is 0. The van der Waals surface area contributed by atoms with Crippen LogP contribution in [0.1, 0.15) is 16.7 Å². The lowest BCUT2D eigenvalue weighted by atomic mass is 10.1. The summed E-state index contributed by atoms with van der Waals surface area (Å²) >= 11 is 5.81. The first-order chi connectivity index (χ1) is 12.9. The maximum atomic E-state index is 11.0. The minimum atomic E-state index is -0.690. The molecule has 2 heterocycles. The molecule has 1 aromatic heterocycles. The molecule has 0 atom stereocenters. The second-order valence-electron chi connectivity index (χ2n) is 6.26. The number of aliphatic imine (C=N–C) groups is 1. The SMILES string of the molecule is Cc1ccc(N=CN2CCN(Cc3ccc(Cl)nc3)C2=N[N+](=O)[O-])cc1C. The lowest BCUT2D eigenvalue weighted by Gasteiger charge is -2.17. The van der Waals surface area contributed by atoms with E-state index < -0.39 is 5.03 Å². The summed E-state index contributed by atoms with van der Waals surface area (Å²) in [5.74, 6) is 0.252. The molecule has 9 heteroatoms. The summed E-state index contributed by atoms with van der Waals surface area (Å²) in [6.45, 7) is 5.65. The predicted octanol–water partition coefficient (Wildman–Crippen LogP) is 3.38. The highest BCUT2D eigenvalue weighted by molar-refractivity contribution is 6.29. The lowest BCUT2D eigenvalue weighted by Crippen LogP contribution is -2.33. The van der Waals surface area contributed by atoms with Gasteiger partial charge in [-0.2, -0.15) is 0 Å². The molecule has 1 aliphatic rings. The number of hydrazone groups is 1. The largest absolute Gasteiger partial charge is 0.331 e. The fraction of sp³-hybridized carbons (Fsp3) is 0.278. The van der Waals surface area contributed by atoms with E-state index in [2.05, 4.69) is 15.1 Å². The van der Waals surface area contributed by atoms with Gasteiger partial charge >= 0.3 is 0 Å². The topological polar surface area (TPSA) is 87.2 Å². The number of aryl methyl sites for hydroxylation is 2. The number of hydrogen-bond acceptors (Lipinski definition) is 4. The summed E-state index contributed by atoms with van der Waals surface area (Å²) in [5, 5.41) is 14.3. The van der Waals surface area contributed by atoms with Crippen LogP contribution in [-0.2, 0) is 6.54 Å². The minimum absolute atomic E-state index is 0.252. The van der Waals surface area contributed by atoms with Crippen molar-refractivity contribution in [2.24, 2.45) is 10.1 Å². The van der Waals surface area contributed by atoms with Gasteiger partial charge in [0.1, 0.15) is 10.3 Å². The summed E-state index contributed by atoms with van der Waals surface area (Å²) in [4.78, 5) is 23.0. The van der Waals surface area contributed by atoms with Crippen molar-refractivity contribution < 1.29 is 5.03 Å². The van der Waals surface area contributed by atoms with Crippen LogP contribution in [0, 0.1) is 24.0 Å². The molecular formula is C18H19ClN6O2. The predicted molar refractivity (Wildman–Crippen MR) is 105 cm³/mol. The van der Waals surface area contributed by atoms with Gasteiger partial charge in [0.15, 0.2) is 5.03 Å². The van der Waals surface area contributed by atoms with E-state index in [1.54, 1.807) is 23.5 Å². The van der Waals surface area contributed by atoms with Gasteiger partial charge in [-0.3, -0.25) is 4.90 Å². The number of rotatable bonds is 5. The first kappa shape index (κ1) is 18.8. The lowest BCUT2D eigenvalue weighted by molar-refractivity contribution is -0.486. The highest BCUT2D eigenvalue weighted by Crippen LogP contribution is 2.18. The van der Waals surface area contributed by atoms with E-state index in [0.717, 1.165) is 16.8 Å². The van der Waals surface area contributed by atoms with Crippen LogP contribution in [0.25, 0.3) is 0 Å². The third kappa shape index (κ3) is 4.79. The zero-order valence-electron chi connectivity index (χ0n) is 15.0. The number of hydrogen-bond donors (Lipinski definition) is 0. The Bertz CT molecular complexity index is 897. The molecule has 140 valence electrons. The van der Waals surface area contributed by atoms with Crippen LogP contribution in [0.4, 0.5) is 5.69 Å². The number of nitrogens with zero attached hydrogens (tertiary/aromatic N) is 6. The van der Waals surface area contributed by atoms with Gasteiger partial charge in [-0.05, 0) is 48.7 Å². The van der Waals surface area contributed by atoms with Crippen LogP contribution in [0.5, 0.6) is 0 Å². The Morgan fingerprint density at radius 3 is 2.74 bits per heavy atom. The number of pyridine rings is 1. The van der Waals surface area contributed by atoms with Crippen molar-refractivity contribution in [2.45, 2.75) is 20.4 Å². The van der Waals surface area contributed by atoms with Gasteiger partial charge in [0.2, 0.25) is 0 Å². The second-order valence-corrected chi connectivity index (χ2v) is 6.64. The van der Waals surface area contributed by atoms with Crippen LogP contribution in [0.15, 0.2) is 46.6 Å². The van der Waals surface area contributed by atoms with Gasteiger partial charge in [-0.1, -0.05) is 23.7 Å². The smallest absolute Gasteiger partial charge is 0.279 e. The van der Waals surface area contributed by atoms with E-state index in [-0.39, 0.29) is 5.96 Å². The highest BCUT2D eigenvalue weighted by atomic mass is 35.5. The molecule has 1 aliphatic heterocycles. The standard InChI is InChI=1S/C18H19ClN6O2/c1-13-3-5-16(9-14(13)2)21-12-24-8-7-23(18(24)22-25(26)27)11-15-4-6-17(19)20-10-15/h3-6,9-10,12H,7-8,11H2,1-2H3. The number of benzene rings is 1. The van der Waals surface area contributed by atoms with E-state index in [1.165, 1.54) is 5.56 Å². The molecule has 0 aliphatic carbocycles. The van der Waals surface area contributed by atoms with Crippen LogP contribution >= 0.6 is 11.6 Å². The Morgan fingerprint density at radius 1 is 1.26 bits per heavy atom. The van der Waals surface area contributed by atoms with Crippen LogP contribution in [-0.4, -0.2) is 45.2 Å². The van der Waals surface area contributed by atoms with Gasteiger partial charge in [0.05, 0.1) is 12.0 Å². The highest BCUT2D eigenvalue weighted by Gasteiger charge is 2.29. The molecule has 0 radical (unpaired) electrons. The maximum absolute atomic E-state index is 11.0. The van der Waals surface area contributed by atoms with Gasteiger partial charge in [-0.15, -0.1) is 0 Å². The van der Waals surface area contributed by atoms with Crippen molar-refractivity contribution in [3.8, 4) is 0 Å². The second kappa shape index (κ2) is 8.13. The fourth-order valence-corrected chi connectivity index (χ4v) is 2.84. The Kier molecular flexibility index (Phi) is 5.66. The number of guanidine groups is 1. The van der Waals surface area contributed by atoms with Crippen molar-refractivity contribution in [1.29, 1.82) is 0 Å². The Balaban J connectivity index is 1.78. The van der Waals surface area contributed by atoms with Crippen molar-refractivity contribution in [3.63, 3.8) is 0 Å². The molecule has 1 saturated heterocycles. The van der Waals surface area contributed by atoms with Crippen molar-refractivity contribution in [2.75, 3.05) is 13.1 Å². The summed E-state index contributed by atoms with van der Waals surface area (Å²) in [6, 6.07) is 9.42. The minimum Gasteiger partial charge on any atom is -0.331 e. The molecular weight excluding hydrogens is 368 g/mol. The average molecular weight is 387 g/mol. The summed E-state index contributed by atoms with van der Waals surface area (Å²) in [6.07, 6.45) is 3.24. The average Bonchev–Trinajstić information content (AvgIpc) is 2.99. The molecule has 0 unspecified atom stereocenters. The molecule has 0 spiro atoms. The molecule has 27 heavy (non-hydrogen) atoms. The first-order valence-corrected chi connectivity index (χ1v) is 8.76. The third-order valence-electron chi connectivity index (χ3n) is 4.32. The van der Waals surface area contributed by atoms with Crippen LogP contribution in [0.2, 0.25) is 5.15 Å². The zero-order valence-corrected chi connectivity index (χ0v) is 15.8. The number of nitro groups is 1. The molecule has 3 rings (SSSR count). The van der Waals surface area contributed by atoms with E-state index in [9.17, 15) is 10.1 Å². The Hall–Kier alpha value is -3.00. The van der Waals surface area contributed by atoms with Gasteiger partial charge in [0, 0.05) is 25.8 Å². The molecule has 0 bridgehead atoms. The van der Waals surface area contributed by atoms with E-state index >= 15 is 0 Å². The quantitative estimate of drug-likeness (QED) is 0.258.